The summed E-state index contributed by atoms with van der Waals surface area (Å²) in [5, 5.41) is 26.5. The predicted octanol–water partition coefficient (Wildman–Crippen LogP) is 9.79. The average molecular weight is 1100 g/mol. The molecule has 390 valence electrons. The molecule has 0 unspecified atom stereocenters. The van der Waals surface area contributed by atoms with Crippen LogP contribution >= 0.6 is 57.8 Å². The van der Waals surface area contributed by atoms with E-state index in [2.05, 4.69) is 89.6 Å². The number of hydrogen-bond acceptors (Lipinski definition) is 22. The summed E-state index contributed by atoms with van der Waals surface area (Å²) in [5.41, 5.74) is 7.45. The van der Waals surface area contributed by atoms with Gasteiger partial charge >= 0.3 is 0 Å². The van der Waals surface area contributed by atoms with Gasteiger partial charge in [-0.05, 0) is 116 Å². The Bertz CT molecular complexity index is 2810. The van der Waals surface area contributed by atoms with Crippen LogP contribution in [-0.2, 0) is 20.7 Å². The third-order valence-electron chi connectivity index (χ3n) is 10.6. The van der Waals surface area contributed by atoms with Gasteiger partial charge in [-0.3, -0.25) is 9.59 Å². The fourth-order valence-electron chi connectivity index (χ4n) is 6.63. The largest absolute Gasteiger partial charge is 0.399 e. The van der Waals surface area contributed by atoms with E-state index in [1.54, 1.807) is 12.4 Å². The molecular formula is C51H62ClN15O3S4. The van der Waals surface area contributed by atoms with E-state index in [4.69, 9.17) is 42.6 Å². The lowest BCUT2D eigenvalue weighted by Crippen LogP contribution is -2.44. The third kappa shape index (κ3) is 20.1. The van der Waals surface area contributed by atoms with Crippen molar-refractivity contribution in [3.63, 3.8) is 0 Å². The van der Waals surface area contributed by atoms with Gasteiger partial charge in [-0.25, -0.2) is 29.9 Å². The number of nitrogens with zero attached hydrogens (tertiary/aromatic N) is 12. The number of aromatic nitrogens is 6. The van der Waals surface area contributed by atoms with Gasteiger partial charge in [0.05, 0.1) is 12.4 Å². The van der Waals surface area contributed by atoms with E-state index in [1.807, 2.05) is 60.7 Å². The molecule has 6 aromatic rings. The number of anilines is 7. The van der Waals surface area contributed by atoms with Crippen molar-refractivity contribution in [1.82, 2.24) is 39.7 Å². The molecule has 3 saturated heterocycles. The lowest BCUT2D eigenvalue weighted by Gasteiger charge is -2.33. The highest BCUT2D eigenvalue weighted by atomic mass is 35.5. The van der Waals surface area contributed by atoms with Crippen LogP contribution in [0.2, 0.25) is 0 Å². The molecule has 0 spiro atoms. The van der Waals surface area contributed by atoms with Crippen molar-refractivity contribution in [2.24, 2.45) is 0 Å². The molecule has 74 heavy (non-hydrogen) atoms. The number of carbonyl (C=O) groups excluding carboxylic acids is 2. The minimum Gasteiger partial charge on any atom is -0.399 e. The standard InChI is InChI=1S/C23H23N7OS2.C19H20N8S2.C4H8O.C3H3ClO.2CH4/c1-3-17(31)12-16-4-6-18(7-5-16)32-23-27-20(26-22-25-15-19(14-24)33-22)13-21(28-23)30-10-8-29(2)9-11-30;1-26-6-8-27(9-7-26)17-10-16(23-18-22-12-15(11-20)29-18)24-19(25-17)28-14-4-2-13(21)3-5-14;1-2-4-5-3-1;1-2-3(4)5;;/h3-7,13,15H,1,8-12H2,2H3,(H,25,26,27,28);2-5,10,12H,6-9,21H2,1H3,(H,22,23,24,25);1-4H2;2H,1H2;2*1H4. The van der Waals surface area contributed by atoms with Crippen LogP contribution in [-0.4, -0.2) is 130 Å². The molecule has 7 heterocycles. The summed E-state index contributed by atoms with van der Waals surface area (Å²) in [7, 11) is 4.25. The number of nitriles is 2. The highest BCUT2D eigenvalue weighted by Gasteiger charge is 2.20. The second kappa shape index (κ2) is 31.3. The number of rotatable bonds is 14. The first kappa shape index (κ1) is 60.1. The summed E-state index contributed by atoms with van der Waals surface area (Å²) < 4.78 is 4.94. The lowest BCUT2D eigenvalue weighted by atomic mass is 10.1. The van der Waals surface area contributed by atoms with E-state index >= 15 is 0 Å². The number of hydrogen-bond donors (Lipinski definition) is 3. The normalized spacial score (nSPS) is 14.0. The summed E-state index contributed by atoms with van der Waals surface area (Å²) in [4.78, 5) is 60.7. The number of allylic oxidation sites excluding steroid dienone is 2. The van der Waals surface area contributed by atoms with Crippen molar-refractivity contribution >= 4 is 108 Å². The zero-order chi connectivity index (χ0) is 51.2. The third-order valence-corrected chi connectivity index (χ3v) is 14.1. The molecule has 2 aromatic carbocycles. The Balaban J connectivity index is 0.000000265. The first-order valence-electron chi connectivity index (χ1n) is 22.6. The lowest BCUT2D eigenvalue weighted by molar-refractivity contribution is -0.114. The number of nitrogen functional groups attached to an aromatic ring is 1. The summed E-state index contributed by atoms with van der Waals surface area (Å²) in [6.07, 6.45) is 8.39. The van der Waals surface area contributed by atoms with E-state index in [9.17, 15) is 9.59 Å². The topological polar surface area (TPSA) is 231 Å². The number of thiazole rings is 2. The van der Waals surface area contributed by atoms with Gasteiger partial charge in [-0.2, -0.15) is 10.5 Å². The van der Waals surface area contributed by atoms with Crippen molar-refractivity contribution < 1.29 is 14.3 Å². The first-order chi connectivity index (χ1) is 34.9. The number of ketones is 1. The van der Waals surface area contributed by atoms with Crippen molar-refractivity contribution in [2.75, 3.05) is 106 Å². The number of nitrogens with two attached hydrogens (primary N) is 1. The Morgan fingerprint density at radius 2 is 1.14 bits per heavy atom. The summed E-state index contributed by atoms with van der Waals surface area (Å²) in [5.74, 6) is 3.02. The molecule has 4 N–H and O–H groups in total. The summed E-state index contributed by atoms with van der Waals surface area (Å²) >= 11 is 10.2. The molecule has 0 radical (unpaired) electrons. The molecule has 9 rings (SSSR count). The van der Waals surface area contributed by atoms with Gasteiger partial charge in [0.2, 0.25) is 5.24 Å². The second-order valence-electron chi connectivity index (χ2n) is 16.0. The van der Waals surface area contributed by atoms with Gasteiger partial charge in [0, 0.05) is 99.6 Å². The second-order valence-corrected chi connectivity index (χ2v) is 20.5. The zero-order valence-corrected chi connectivity index (χ0v) is 43.9. The fourth-order valence-corrected chi connectivity index (χ4v) is 9.41. The van der Waals surface area contributed by atoms with E-state index in [0.29, 0.717) is 48.4 Å². The smallest absolute Gasteiger partial charge is 0.244 e. The van der Waals surface area contributed by atoms with Crippen molar-refractivity contribution in [3.8, 4) is 12.1 Å². The van der Waals surface area contributed by atoms with Crippen LogP contribution in [0, 0.1) is 22.7 Å². The van der Waals surface area contributed by atoms with Gasteiger partial charge in [0.15, 0.2) is 26.4 Å². The minimum atomic E-state index is -0.509. The molecule has 3 aliphatic rings. The molecule has 0 bridgehead atoms. The Kier molecular flexibility index (Phi) is 25.4. The molecule has 18 nitrogen and oxygen atoms in total. The number of benzene rings is 2. The number of likely N-dealkylation sites (N-methyl/N-ethyl adjacent to an activating group) is 2. The molecule has 3 aliphatic heterocycles. The summed E-state index contributed by atoms with van der Waals surface area (Å²) in [6.45, 7) is 16.1. The maximum atomic E-state index is 11.6. The van der Waals surface area contributed by atoms with Crippen LogP contribution in [0.15, 0.2) is 118 Å². The average Bonchev–Trinajstić information content (AvgIpc) is 4.22. The molecule has 0 atom stereocenters. The maximum absolute atomic E-state index is 11.6. The Labute approximate surface area is 455 Å². The van der Waals surface area contributed by atoms with Crippen molar-refractivity contribution in [2.45, 2.75) is 54.2 Å². The number of piperazine rings is 2. The van der Waals surface area contributed by atoms with Crippen LogP contribution in [0.1, 0.15) is 43.0 Å². The van der Waals surface area contributed by atoms with Crippen LogP contribution in [0.3, 0.4) is 0 Å². The summed E-state index contributed by atoms with van der Waals surface area (Å²) in [6, 6.07) is 23.5. The molecule has 0 amide bonds. The van der Waals surface area contributed by atoms with Gasteiger partial charge in [0.25, 0.3) is 0 Å². The van der Waals surface area contributed by atoms with Crippen molar-refractivity contribution in [1.29, 1.82) is 10.5 Å². The number of ether oxygens (including phenoxy) is 1. The molecule has 3 fully saturated rings. The number of halogens is 1. The monoisotopic (exact) mass is 1100 g/mol. The van der Waals surface area contributed by atoms with E-state index in [-0.39, 0.29) is 20.6 Å². The molecule has 0 aliphatic carbocycles. The zero-order valence-electron chi connectivity index (χ0n) is 39.9. The van der Waals surface area contributed by atoms with Gasteiger partial charge in [-0.1, -0.05) is 62.8 Å². The SMILES string of the molecule is C.C.C1CCOC1.C=CC(=O)Cc1ccc(Sc2nc(Nc3ncc(C#N)s3)cc(N3CCN(C)CC3)n2)cc1.C=CC(=O)Cl.CN1CCN(c2cc(Nc3ncc(C#N)s3)nc(Sc3ccc(N)cc3)n2)CC1. The molecule has 4 aromatic heterocycles. The minimum absolute atomic E-state index is 0. The van der Waals surface area contributed by atoms with Crippen LogP contribution in [0.4, 0.5) is 39.2 Å². The highest BCUT2D eigenvalue weighted by molar-refractivity contribution is 7.99. The maximum Gasteiger partial charge on any atom is 0.244 e. The first-order valence-corrected chi connectivity index (χ1v) is 26.3. The predicted molar refractivity (Wildman–Crippen MR) is 303 cm³/mol. The van der Waals surface area contributed by atoms with Crippen LogP contribution in [0.25, 0.3) is 0 Å². The van der Waals surface area contributed by atoms with E-state index in [0.717, 1.165) is 104 Å². The fraction of sp³-hybridized carbons (Fsp3) is 0.333. The molecule has 0 saturated carbocycles. The van der Waals surface area contributed by atoms with E-state index < -0.39 is 5.24 Å². The van der Waals surface area contributed by atoms with Crippen LogP contribution in [0.5, 0.6) is 0 Å². The Hall–Kier alpha value is -6.47. The molecule has 23 heteroatoms. The Morgan fingerprint density at radius 1 is 0.716 bits per heavy atom. The number of carbonyl (C=O) groups is 2. The van der Waals surface area contributed by atoms with Crippen LogP contribution < -0.4 is 26.2 Å². The van der Waals surface area contributed by atoms with Gasteiger partial charge in [-0.15, -0.1) is 0 Å². The molecular weight excluding hydrogens is 1030 g/mol. The van der Waals surface area contributed by atoms with Gasteiger partial charge < -0.3 is 40.7 Å². The van der Waals surface area contributed by atoms with Crippen molar-refractivity contribution in [3.05, 3.63) is 114 Å². The Morgan fingerprint density at radius 3 is 1.49 bits per heavy atom. The number of nitrogens with one attached hydrogen (secondary N) is 2. The quantitative estimate of drug-likeness (QED) is 0.0399. The van der Waals surface area contributed by atoms with E-state index in [1.165, 1.54) is 65.1 Å². The highest BCUT2D eigenvalue weighted by Crippen LogP contribution is 2.32. The van der Waals surface area contributed by atoms with Gasteiger partial charge in [0.1, 0.15) is 45.2 Å².